The molecule has 0 atom stereocenters. The Morgan fingerprint density at radius 3 is 2.50 bits per heavy atom. The number of ether oxygens (including phenoxy) is 1. The van der Waals surface area contributed by atoms with E-state index >= 15 is 0 Å². The fourth-order valence-electron chi connectivity index (χ4n) is 2.40. The van der Waals surface area contributed by atoms with Crippen LogP contribution in [0.3, 0.4) is 0 Å². The van der Waals surface area contributed by atoms with Crippen LogP contribution in [0, 0.1) is 0 Å². The monoisotopic (exact) mass is 320 g/mol. The molecule has 0 saturated carbocycles. The molecule has 1 heterocycles. The van der Waals surface area contributed by atoms with Crippen molar-refractivity contribution in [2.75, 3.05) is 11.9 Å². The van der Waals surface area contributed by atoms with Crippen molar-refractivity contribution < 1.29 is 14.3 Å². The highest BCUT2D eigenvalue weighted by Crippen LogP contribution is 2.23. The summed E-state index contributed by atoms with van der Waals surface area (Å²) in [6.45, 7) is 1.97. The quantitative estimate of drug-likeness (QED) is 0.745. The Morgan fingerprint density at radius 1 is 0.958 bits per heavy atom. The lowest BCUT2D eigenvalue weighted by Crippen LogP contribution is -2.16. The minimum atomic E-state index is -0.544. The zero-order valence-electron chi connectivity index (χ0n) is 13.2. The fourth-order valence-corrected chi connectivity index (χ4v) is 2.40. The van der Waals surface area contributed by atoms with Gasteiger partial charge >= 0.3 is 5.97 Å². The van der Waals surface area contributed by atoms with Crippen molar-refractivity contribution in [3.8, 4) is 0 Å². The number of rotatable bonds is 4. The van der Waals surface area contributed by atoms with Gasteiger partial charge in [0.2, 0.25) is 0 Å². The summed E-state index contributed by atoms with van der Waals surface area (Å²) < 4.78 is 4.91. The number of anilines is 1. The van der Waals surface area contributed by atoms with E-state index in [0.717, 1.165) is 10.8 Å². The number of aromatic nitrogens is 1. The highest BCUT2D eigenvalue weighted by atomic mass is 16.5. The third-order valence-electron chi connectivity index (χ3n) is 3.50. The van der Waals surface area contributed by atoms with Crippen LogP contribution >= 0.6 is 0 Å². The second-order valence-corrected chi connectivity index (χ2v) is 5.11. The average Bonchev–Trinajstić information content (AvgIpc) is 2.62. The van der Waals surface area contributed by atoms with E-state index in [1.54, 1.807) is 19.1 Å². The molecule has 0 aliphatic rings. The maximum Gasteiger partial charge on any atom is 0.356 e. The first-order chi connectivity index (χ1) is 11.7. The highest BCUT2D eigenvalue weighted by molar-refractivity contribution is 6.08. The van der Waals surface area contributed by atoms with E-state index in [-0.39, 0.29) is 23.9 Å². The van der Waals surface area contributed by atoms with Gasteiger partial charge in [-0.25, -0.2) is 9.78 Å². The second-order valence-electron chi connectivity index (χ2n) is 5.11. The number of nitrogens with one attached hydrogen (secondary N) is 1. The summed E-state index contributed by atoms with van der Waals surface area (Å²) in [6.07, 6.45) is 0. The zero-order chi connectivity index (χ0) is 16.9. The third kappa shape index (κ3) is 3.25. The number of carbonyl (C=O) groups is 2. The largest absolute Gasteiger partial charge is 0.461 e. The SMILES string of the molecule is CCOC(=O)c1cccc(C(=O)Nc2cccc3ccccc23)n1. The number of hydrogen-bond acceptors (Lipinski definition) is 4. The molecule has 3 aromatic rings. The van der Waals surface area contributed by atoms with Gasteiger partial charge in [-0.2, -0.15) is 0 Å². The van der Waals surface area contributed by atoms with E-state index in [0.29, 0.717) is 5.69 Å². The first kappa shape index (κ1) is 15.7. The van der Waals surface area contributed by atoms with E-state index in [4.69, 9.17) is 4.74 Å². The van der Waals surface area contributed by atoms with Crippen LogP contribution in [0.25, 0.3) is 10.8 Å². The van der Waals surface area contributed by atoms with E-state index in [9.17, 15) is 9.59 Å². The predicted molar refractivity (Wildman–Crippen MR) is 92.1 cm³/mol. The van der Waals surface area contributed by atoms with E-state index in [2.05, 4.69) is 10.3 Å². The Kier molecular flexibility index (Phi) is 4.52. The molecule has 0 saturated heterocycles. The van der Waals surface area contributed by atoms with Crippen molar-refractivity contribution in [1.82, 2.24) is 4.98 Å². The highest BCUT2D eigenvalue weighted by Gasteiger charge is 2.14. The number of carbonyl (C=O) groups excluding carboxylic acids is 2. The molecule has 1 amide bonds. The van der Waals surface area contributed by atoms with Crippen molar-refractivity contribution in [1.29, 1.82) is 0 Å². The summed E-state index contributed by atoms with van der Waals surface area (Å²) in [5.74, 6) is -0.921. The standard InChI is InChI=1S/C19H16N2O3/c1-2-24-19(23)17-12-6-11-16(20-17)18(22)21-15-10-5-8-13-7-3-4-9-14(13)15/h3-12H,2H2,1H3,(H,21,22). The first-order valence-corrected chi connectivity index (χ1v) is 7.62. The molecule has 2 aromatic carbocycles. The van der Waals surface area contributed by atoms with Crippen LogP contribution in [0.4, 0.5) is 5.69 Å². The predicted octanol–water partition coefficient (Wildman–Crippen LogP) is 3.66. The van der Waals surface area contributed by atoms with Gasteiger partial charge in [0, 0.05) is 11.1 Å². The molecule has 5 nitrogen and oxygen atoms in total. The molecule has 120 valence electrons. The minimum Gasteiger partial charge on any atom is -0.461 e. The van der Waals surface area contributed by atoms with Gasteiger partial charge in [0.1, 0.15) is 11.4 Å². The summed E-state index contributed by atoms with van der Waals surface area (Å²) in [5.41, 5.74) is 0.970. The summed E-state index contributed by atoms with van der Waals surface area (Å²) >= 11 is 0. The van der Waals surface area contributed by atoms with Crippen LogP contribution in [-0.2, 0) is 4.74 Å². The van der Waals surface area contributed by atoms with Gasteiger partial charge in [-0.1, -0.05) is 42.5 Å². The fraction of sp³-hybridized carbons (Fsp3) is 0.105. The molecule has 1 aromatic heterocycles. The summed E-state index contributed by atoms with van der Waals surface area (Å²) in [6, 6.07) is 18.1. The molecule has 0 fully saturated rings. The van der Waals surface area contributed by atoms with Gasteiger partial charge < -0.3 is 10.1 Å². The number of benzene rings is 2. The molecule has 5 heteroatoms. The lowest BCUT2D eigenvalue weighted by Gasteiger charge is -2.09. The Balaban J connectivity index is 1.87. The number of fused-ring (bicyclic) bond motifs is 1. The van der Waals surface area contributed by atoms with E-state index in [1.807, 2.05) is 42.5 Å². The molecule has 0 spiro atoms. The van der Waals surface area contributed by atoms with Crippen molar-refractivity contribution in [3.63, 3.8) is 0 Å². The molecule has 24 heavy (non-hydrogen) atoms. The minimum absolute atomic E-state index is 0.113. The van der Waals surface area contributed by atoms with Crippen molar-refractivity contribution in [2.24, 2.45) is 0 Å². The van der Waals surface area contributed by atoms with Crippen LogP contribution in [0.5, 0.6) is 0 Å². The Hall–Kier alpha value is -3.21. The van der Waals surface area contributed by atoms with Gasteiger partial charge in [-0.3, -0.25) is 4.79 Å². The number of esters is 1. The third-order valence-corrected chi connectivity index (χ3v) is 3.50. The average molecular weight is 320 g/mol. The maximum absolute atomic E-state index is 12.5. The lowest BCUT2D eigenvalue weighted by atomic mass is 10.1. The Bertz CT molecular complexity index is 901. The molecule has 0 bridgehead atoms. The van der Waals surface area contributed by atoms with Gasteiger partial charge in [-0.05, 0) is 30.5 Å². The number of nitrogens with zero attached hydrogens (tertiary/aromatic N) is 1. The van der Waals surface area contributed by atoms with E-state index < -0.39 is 5.97 Å². The van der Waals surface area contributed by atoms with Crippen molar-refractivity contribution >= 4 is 28.3 Å². The topological polar surface area (TPSA) is 68.3 Å². The zero-order valence-corrected chi connectivity index (χ0v) is 13.2. The van der Waals surface area contributed by atoms with Crippen LogP contribution in [-0.4, -0.2) is 23.5 Å². The number of pyridine rings is 1. The second kappa shape index (κ2) is 6.91. The van der Waals surface area contributed by atoms with Gasteiger partial charge in [0.05, 0.1) is 6.61 Å². The Morgan fingerprint density at radius 2 is 1.67 bits per heavy atom. The van der Waals surface area contributed by atoms with Gasteiger partial charge in [0.25, 0.3) is 5.91 Å². The van der Waals surface area contributed by atoms with Gasteiger partial charge in [-0.15, -0.1) is 0 Å². The summed E-state index contributed by atoms with van der Waals surface area (Å²) in [4.78, 5) is 28.3. The molecule has 0 aliphatic carbocycles. The van der Waals surface area contributed by atoms with Crippen LogP contribution in [0.1, 0.15) is 27.9 Å². The smallest absolute Gasteiger partial charge is 0.356 e. The molecule has 1 N–H and O–H groups in total. The lowest BCUT2D eigenvalue weighted by molar-refractivity contribution is 0.0519. The van der Waals surface area contributed by atoms with Crippen LogP contribution in [0.15, 0.2) is 60.7 Å². The van der Waals surface area contributed by atoms with Crippen LogP contribution < -0.4 is 5.32 Å². The molecule has 0 radical (unpaired) electrons. The molecular weight excluding hydrogens is 304 g/mol. The summed E-state index contributed by atoms with van der Waals surface area (Å²) in [7, 11) is 0. The van der Waals surface area contributed by atoms with E-state index in [1.165, 1.54) is 6.07 Å². The van der Waals surface area contributed by atoms with Crippen molar-refractivity contribution in [2.45, 2.75) is 6.92 Å². The van der Waals surface area contributed by atoms with Gasteiger partial charge in [0.15, 0.2) is 0 Å². The Labute approximate surface area is 139 Å². The van der Waals surface area contributed by atoms with Crippen LogP contribution in [0.2, 0.25) is 0 Å². The number of hydrogen-bond donors (Lipinski definition) is 1. The summed E-state index contributed by atoms with van der Waals surface area (Å²) in [5, 5.41) is 4.82. The molecule has 0 unspecified atom stereocenters. The normalized spacial score (nSPS) is 10.4. The first-order valence-electron chi connectivity index (χ1n) is 7.62. The number of amides is 1. The molecular formula is C19H16N2O3. The van der Waals surface area contributed by atoms with Crippen molar-refractivity contribution in [3.05, 3.63) is 72.1 Å². The maximum atomic E-state index is 12.5. The molecule has 3 rings (SSSR count). The molecule has 0 aliphatic heterocycles.